The molecule has 0 amide bonds. The van der Waals surface area contributed by atoms with Gasteiger partial charge in [-0.15, -0.1) is 0 Å². The summed E-state index contributed by atoms with van der Waals surface area (Å²) in [4.78, 5) is 15.1. The van der Waals surface area contributed by atoms with E-state index in [1.165, 1.54) is 12.3 Å². The number of nitrogens with zero attached hydrogens (tertiary/aromatic N) is 1. The van der Waals surface area contributed by atoms with E-state index in [1.807, 2.05) is 13.8 Å². The van der Waals surface area contributed by atoms with Gasteiger partial charge in [0.2, 0.25) is 0 Å². The van der Waals surface area contributed by atoms with Gasteiger partial charge in [-0.1, -0.05) is 29.8 Å². The van der Waals surface area contributed by atoms with Crippen molar-refractivity contribution in [3.63, 3.8) is 0 Å². The summed E-state index contributed by atoms with van der Waals surface area (Å²) < 4.78 is 0.803. The van der Waals surface area contributed by atoms with E-state index >= 15 is 0 Å². The minimum atomic E-state index is -0.950. The summed E-state index contributed by atoms with van der Waals surface area (Å²) in [7, 11) is 0. The summed E-state index contributed by atoms with van der Waals surface area (Å²) in [6.07, 6.45) is 1.88. The molecule has 1 rings (SSSR count). The second-order valence-corrected chi connectivity index (χ2v) is 5.38. The van der Waals surface area contributed by atoms with Gasteiger partial charge in [0, 0.05) is 16.3 Å². The molecule has 2 N–H and O–H groups in total. The van der Waals surface area contributed by atoms with Gasteiger partial charge >= 0.3 is 5.97 Å². The largest absolute Gasteiger partial charge is 0.507 e. The summed E-state index contributed by atoms with van der Waals surface area (Å²) in [6, 6.07) is 4.15. The van der Waals surface area contributed by atoms with Gasteiger partial charge in [0.1, 0.15) is 11.8 Å². The quantitative estimate of drug-likeness (QED) is 0.821. The molecule has 0 aliphatic carbocycles. The molecule has 0 spiro atoms. The van der Waals surface area contributed by atoms with Crippen molar-refractivity contribution in [1.82, 2.24) is 0 Å². The zero-order valence-electron chi connectivity index (χ0n) is 10.3. The number of benzene rings is 1. The predicted octanol–water partition coefficient (Wildman–Crippen LogP) is 3.07. The third kappa shape index (κ3) is 4.49. The molecule has 0 radical (unpaired) electrons. The molecule has 0 unspecified atom stereocenters. The SMILES string of the molecule is CC(C)C[C@H](N=Cc1cc(Br)ccc1O)C(=O)O. The van der Waals surface area contributed by atoms with E-state index in [-0.39, 0.29) is 11.7 Å². The van der Waals surface area contributed by atoms with Crippen LogP contribution < -0.4 is 0 Å². The monoisotopic (exact) mass is 313 g/mol. The first-order valence-electron chi connectivity index (χ1n) is 5.64. The Hall–Kier alpha value is -1.36. The molecule has 5 heteroatoms. The third-order valence-corrected chi connectivity index (χ3v) is 2.86. The van der Waals surface area contributed by atoms with E-state index in [4.69, 9.17) is 5.11 Å². The van der Waals surface area contributed by atoms with Gasteiger partial charge in [-0.2, -0.15) is 0 Å². The molecule has 0 saturated carbocycles. The molecular weight excluding hydrogens is 298 g/mol. The summed E-state index contributed by atoms with van der Waals surface area (Å²) in [6.45, 7) is 3.89. The molecule has 1 atom stereocenters. The van der Waals surface area contributed by atoms with Crippen molar-refractivity contribution >= 4 is 28.1 Å². The highest BCUT2D eigenvalue weighted by Gasteiger charge is 2.16. The van der Waals surface area contributed by atoms with Crippen molar-refractivity contribution in [2.24, 2.45) is 10.9 Å². The first-order valence-corrected chi connectivity index (χ1v) is 6.44. The lowest BCUT2D eigenvalue weighted by molar-refractivity contribution is -0.138. The highest BCUT2D eigenvalue weighted by Crippen LogP contribution is 2.20. The first-order chi connectivity index (χ1) is 8.40. The van der Waals surface area contributed by atoms with Crippen LogP contribution in [0.25, 0.3) is 0 Å². The normalized spacial score (nSPS) is 13.1. The molecule has 18 heavy (non-hydrogen) atoms. The standard InChI is InChI=1S/C13H16BrNO3/c1-8(2)5-11(13(17)18)15-7-9-6-10(14)3-4-12(9)16/h3-4,6-8,11,16H,5H2,1-2H3,(H,17,18)/t11-/m0/s1. The predicted molar refractivity (Wildman–Crippen MR) is 74.3 cm³/mol. The Balaban J connectivity index is 2.88. The van der Waals surface area contributed by atoms with Gasteiger partial charge in [0.25, 0.3) is 0 Å². The molecular formula is C13H16BrNO3. The van der Waals surface area contributed by atoms with E-state index in [1.54, 1.807) is 12.1 Å². The maximum Gasteiger partial charge on any atom is 0.328 e. The Bertz CT molecular complexity index is 458. The van der Waals surface area contributed by atoms with Crippen molar-refractivity contribution in [3.8, 4) is 5.75 Å². The number of aliphatic imine (C=N–C) groups is 1. The summed E-state index contributed by atoms with van der Waals surface area (Å²) in [5.41, 5.74) is 0.499. The summed E-state index contributed by atoms with van der Waals surface area (Å²) in [5.74, 6) is -0.621. The van der Waals surface area contributed by atoms with Crippen LogP contribution in [-0.4, -0.2) is 28.4 Å². The number of carboxylic acid groups (broad SMARTS) is 1. The number of phenols is 1. The van der Waals surface area contributed by atoms with Crippen LogP contribution >= 0.6 is 15.9 Å². The number of rotatable bonds is 5. The van der Waals surface area contributed by atoms with Crippen LogP contribution in [0, 0.1) is 5.92 Å². The van der Waals surface area contributed by atoms with Crippen LogP contribution in [0.15, 0.2) is 27.7 Å². The minimum Gasteiger partial charge on any atom is -0.507 e. The van der Waals surface area contributed by atoms with Gasteiger partial charge in [-0.3, -0.25) is 4.99 Å². The number of halogens is 1. The zero-order valence-corrected chi connectivity index (χ0v) is 11.9. The van der Waals surface area contributed by atoms with Gasteiger partial charge in [-0.25, -0.2) is 4.79 Å². The molecule has 0 aromatic heterocycles. The lowest BCUT2D eigenvalue weighted by Gasteiger charge is -2.09. The Labute approximate surface area is 114 Å². The average molecular weight is 314 g/mol. The lowest BCUT2D eigenvalue weighted by Crippen LogP contribution is -2.20. The number of carboxylic acids is 1. The zero-order chi connectivity index (χ0) is 13.7. The van der Waals surface area contributed by atoms with Crippen LogP contribution in [0.3, 0.4) is 0 Å². The maximum absolute atomic E-state index is 11.0. The number of hydrogen-bond acceptors (Lipinski definition) is 3. The number of aliphatic carboxylic acids is 1. The Kier molecular flexibility index (Phi) is 5.34. The van der Waals surface area contributed by atoms with Crippen molar-refractivity contribution < 1.29 is 15.0 Å². The molecule has 0 bridgehead atoms. The highest BCUT2D eigenvalue weighted by molar-refractivity contribution is 9.10. The second kappa shape index (κ2) is 6.54. The Morgan fingerprint density at radius 3 is 2.72 bits per heavy atom. The maximum atomic E-state index is 11.0. The molecule has 1 aromatic rings. The number of hydrogen-bond donors (Lipinski definition) is 2. The van der Waals surface area contributed by atoms with Crippen molar-refractivity contribution in [2.45, 2.75) is 26.3 Å². The Morgan fingerprint density at radius 2 is 2.17 bits per heavy atom. The van der Waals surface area contributed by atoms with E-state index in [9.17, 15) is 9.90 Å². The van der Waals surface area contributed by atoms with Gasteiger partial charge in [0.05, 0.1) is 0 Å². The Morgan fingerprint density at radius 1 is 1.50 bits per heavy atom. The smallest absolute Gasteiger partial charge is 0.328 e. The first kappa shape index (κ1) is 14.7. The molecule has 98 valence electrons. The van der Waals surface area contributed by atoms with Crippen LogP contribution in [-0.2, 0) is 4.79 Å². The van der Waals surface area contributed by atoms with E-state index in [0.717, 1.165) is 4.47 Å². The van der Waals surface area contributed by atoms with E-state index < -0.39 is 12.0 Å². The van der Waals surface area contributed by atoms with Gasteiger partial charge in [-0.05, 0) is 30.5 Å². The van der Waals surface area contributed by atoms with Crippen LogP contribution in [0.1, 0.15) is 25.8 Å². The molecule has 4 nitrogen and oxygen atoms in total. The van der Waals surface area contributed by atoms with Crippen LogP contribution in [0.4, 0.5) is 0 Å². The highest BCUT2D eigenvalue weighted by atomic mass is 79.9. The van der Waals surface area contributed by atoms with E-state index in [0.29, 0.717) is 12.0 Å². The second-order valence-electron chi connectivity index (χ2n) is 4.46. The number of phenolic OH excluding ortho intramolecular Hbond substituents is 1. The molecule has 0 saturated heterocycles. The summed E-state index contributed by atoms with van der Waals surface area (Å²) in [5, 5.41) is 18.6. The van der Waals surface area contributed by atoms with Crippen molar-refractivity contribution in [3.05, 3.63) is 28.2 Å². The molecule has 0 fully saturated rings. The van der Waals surface area contributed by atoms with Gasteiger partial charge in [0.15, 0.2) is 0 Å². The fourth-order valence-electron chi connectivity index (χ4n) is 1.47. The van der Waals surface area contributed by atoms with Crippen LogP contribution in [0.5, 0.6) is 5.75 Å². The topological polar surface area (TPSA) is 69.9 Å². The summed E-state index contributed by atoms with van der Waals surface area (Å²) >= 11 is 3.28. The third-order valence-electron chi connectivity index (χ3n) is 2.36. The molecule has 0 aliphatic heterocycles. The van der Waals surface area contributed by atoms with Crippen molar-refractivity contribution in [2.75, 3.05) is 0 Å². The number of aromatic hydroxyl groups is 1. The lowest BCUT2D eigenvalue weighted by atomic mass is 10.0. The molecule has 0 heterocycles. The number of carbonyl (C=O) groups is 1. The van der Waals surface area contributed by atoms with Crippen LogP contribution in [0.2, 0.25) is 0 Å². The van der Waals surface area contributed by atoms with E-state index in [2.05, 4.69) is 20.9 Å². The van der Waals surface area contributed by atoms with Crippen molar-refractivity contribution in [1.29, 1.82) is 0 Å². The van der Waals surface area contributed by atoms with Gasteiger partial charge < -0.3 is 10.2 Å². The fraction of sp³-hybridized carbons (Fsp3) is 0.385. The average Bonchev–Trinajstić information content (AvgIpc) is 2.27. The molecule has 1 aromatic carbocycles. The fourth-order valence-corrected chi connectivity index (χ4v) is 1.85. The minimum absolute atomic E-state index is 0.0793. The molecule has 0 aliphatic rings.